The van der Waals surface area contributed by atoms with E-state index < -0.39 is 26.5 Å². The van der Waals surface area contributed by atoms with E-state index in [1.807, 2.05) is 0 Å². The molecule has 0 spiro atoms. The van der Waals surface area contributed by atoms with Crippen LogP contribution in [0.25, 0.3) is 0 Å². The lowest BCUT2D eigenvalue weighted by molar-refractivity contribution is -0.161. The molecule has 0 rings (SSSR count). The van der Waals surface area contributed by atoms with Crippen molar-refractivity contribution in [1.29, 1.82) is 0 Å². The second-order valence-corrected chi connectivity index (χ2v) is 25.2. The van der Waals surface area contributed by atoms with E-state index in [9.17, 15) is 19.0 Å². The van der Waals surface area contributed by atoms with Gasteiger partial charge in [0.15, 0.2) is 6.10 Å². The number of nitrogens with two attached hydrogens (primary N) is 1. The first kappa shape index (κ1) is 83.4. The molecule has 0 radical (unpaired) electrons. The molecule has 2 unspecified atom stereocenters. The topological polar surface area (TPSA) is 134 Å². The molecule has 0 aliphatic carbocycles. The van der Waals surface area contributed by atoms with Crippen molar-refractivity contribution in [2.45, 2.75) is 328 Å². The Labute approximate surface area is 536 Å². The van der Waals surface area contributed by atoms with Crippen LogP contribution in [0.2, 0.25) is 0 Å². The molecule has 0 heterocycles. The normalized spacial score (nSPS) is 13.7. The summed E-state index contributed by atoms with van der Waals surface area (Å²) in [6, 6.07) is 0. The molecule has 9 nitrogen and oxygen atoms in total. The Kier molecular flexibility index (Phi) is 68.5. The van der Waals surface area contributed by atoms with E-state index in [1.54, 1.807) is 0 Å². The van der Waals surface area contributed by atoms with Crippen LogP contribution >= 0.6 is 7.82 Å². The molecule has 0 aliphatic rings. The van der Waals surface area contributed by atoms with E-state index in [2.05, 4.69) is 135 Å². The Morgan fingerprint density at radius 1 is 0.356 bits per heavy atom. The van der Waals surface area contributed by atoms with Gasteiger partial charge >= 0.3 is 19.8 Å². The van der Waals surface area contributed by atoms with Gasteiger partial charge in [0.05, 0.1) is 13.2 Å². The van der Waals surface area contributed by atoms with Crippen molar-refractivity contribution in [2.75, 3.05) is 26.4 Å². The Bertz CT molecular complexity index is 1840. The van der Waals surface area contributed by atoms with Gasteiger partial charge in [-0.05, 0) is 109 Å². The van der Waals surface area contributed by atoms with Gasteiger partial charge in [0.2, 0.25) is 0 Å². The van der Waals surface area contributed by atoms with E-state index in [4.69, 9.17) is 24.3 Å². The minimum atomic E-state index is -4.40. The van der Waals surface area contributed by atoms with Crippen LogP contribution in [0.15, 0.2) is 122 Å². The molecule has 0 saturated carbocycles. The number of phosphoric acid groups is 1. The Balaban J connectivity index is 3.88. The van der Waals surface area contributed by atoms with Gasteiger partial charge in [-0.1, -0.05) is 322 Å². The third-order valence-electron chi connectivity index (χ3n) is 15.3. The number of ether oxygens (including phenoxy) is 2. The molecule has 0 aromatic heterocycles. The Morgan fingerprint density at radius 3 is 0.943 bits per heavy atom. The highest BCUT2D eigenvalue weighted by Crippen LogP contribution is 2.43. The highest BCUT2D eigenvalue weighted by Gasteiger charge is 2.26. The predicted molar refractivity (Wildman–Crippen MR) is 376 cm³/mol. The van der Waals surface area contributed by atoms with Gasteiger partial charge in [-0.3, -0.25) is 18.6 Å². The van der Waals surface area contributed by atoms with Crippen LogP contribution in [0.4, 0.5) is 0 Å². The zero-order valence-corrected chi connectivity index (χ0v) is 57.1. The summed E-state index contributed by atoms with van der Waals surface area (Å²) < 4.78 is 33.2. The predicted octanol–water partition coefficient (Wildman–Crippen LogP) is 23.9. The average molecular weight is 1230 g/mol. The molecule has 0 bridgehead atoms. The quantitative estimate of drug-likeness (QED) is 0.0264. The van der Waals surface area contributed by atoms with Gasteiger partial charge in [0.25, 0.3) is 0 Å². The lowest BCUT2D eigenvalue weighted by atomic mass is 10.0. The van der Waals surface area contributed by atoms with Crippen molar-refractivity contribution in [1.82, 2.24) is 0 Å². The van der Waals surface area contributed by atoms with Crippen LogP contribution in [0.1, 0.15) is 322 Å². The summed E-state index contributed by atoms with van der Waals surface area (Å²) in [4.78, 5) is 35.4. The van der Waals surface area contributed by atoms with Gasteiger partial charge in [0.1, 0.15) is 6.61 Å². The summed E-state index contributed by atoms with van der Waals surface area (Å²) in [5, 5.41) is 0. The second-order valence-electron chi connectivity index (χ2n) is 23.7. The number of phosphoric ester groups is 1. The maximum Gasteiger partial charge on any atom is 0.472 e. The number of esters is 2. The van der Waals surface area contributed by atoms with Crippen LogP contribution < -0.4 is 5.73 Å². The fourth-order valence-electron chi connectivity index (χ4n) is 10.0. The minimum Gasteiger partial charge on any atom is -0.462 e. The van der Waals surface area contributed by atoms with E-state index >= 15 is 0 Å². The molecule has 500 valence electrons. The lowest BCUT2D eigenvalue weighted by Gasteiger charge is -2.19. The van der Waals surface area contributed by atoms with Gasteiger partial charge < -0.3 is 20.1 Å². The van der Waals surface area contributed by atoms with E-state index in [0.29, 0.717) is 6.42 Å². The maximum atomic E-state index is 12.8. The molecular formula is C77H134NO8P. The fraction of sp³-hybridized carbons (Fsp3) is 0.714. The number of unbranched alkanes of at least 4 members (excludes halogenated alkanes) is 34. The van der Waals surface area contributed by atoms with Crippen LogP contribution in [0.3, 0.4) is 0 Å². The molecule has 3 N–H and O–H groups in total. The number of allylic oxidation sites excluding steroid dienone is 20. The van der Waals surface area contributed by atoms with Gasteiger partial charge in [0, 0.05) is 19.4 Å². The molecule has 87 heavy (non-hydrogen) atoms. The summed E-state index contributed by atoms with van der Waals surface area (Å²) in [7, 11) is -4.40. The SMILES string of the molecule is CC/C=C\C/C=C\C/C=C\C/C=C\C/C=C\C/C=C\C/C=C\CCCCCCCCCC(=O)OC(COC(=O)CCCCCCCCCCCCCCCCCCCCCCCC/C=C\C/C=C\C/C=C\CCCCCCC)COP(=O)(O)OCCN. The summed E-state index contributed by atoms with van der Waals surface area (Å²) in [6.07, 6.45) is 100. The fourth-order valence-corrected chi connectivity index (χ4v) is 10.8. The summed E-state index contributed by atoms with van der Waals surface area (Å²) in [5.41, 5.74) is 5.40. The van der Waals surface area contributed by atoms with E-state index in [-0.39, 0.29) is 38.6 Å². The van der Waals surface area contributed by atoms with Crippen molar-refractivity contribution in [3.05, 3.63) is 122 Å². The molecule has 10 heteroatoms. The first-order valence-corrected chi connectivity index (χ1v) is 37.5. The van der Waals surface area contributed by atoms with Gasteiger partial charge in [-0.15, -0.1) is 0 Å². The van der Waals surface area contributed by atoms with Crippen molar-refractivity contribution in [3.63, 3.8) is 0 Å². The smallest absolute Gasteiger partial charge is 0.462 e. The van der Waals surface area contributed by atoms with Crippen LogP contribution in [0, 0.1) is 0 Å². The molecule has 0 saturated heterocycles. The largest absolute Gasteiger partial charge is 0.472 e. The summed E-state index contributed by atoms with van der Waals surface area (Å²) >= 11 is 0. The summed E-state index contributed by atoms with van der Waals surface area (Å²) in [6.45, 7) is 3.63. The number of hydrogen-bond acceptors (Lipinski definition) is 8. The Hall–Kier alpha value is -3.59. The van der Waals surface area contributed by atoms with Crippen molar-refractivity contribution in [2.24, 2.45) is 5.73 Å². The molecule has 0 aliphatic heterocycles. The molecule has 0 amide bonds. The standard InChI is InChI=1S/C77H134NO8P/c1-3-5-7-9-11-13-15-17-19-21-23-25-27-29-31-33-34-35-36-37-38-39-40-42-43-45-47-49-51-53-55-57-59-61-63-65-67-69-76(79)83-73-75(74-85-87(81,82)84-72-71-78)86-77(80)70-68-66-64-62-60-58-56-54-52-50-48-46-44-41-32-30-28-26-24-22-20-18-16-14-12-10-8-6-4-2/h6,8,12,14-15,17-18,20-21,23-24,26-27,29-30,32,44,46,50,52,75H,3-5,7,9-11,13,16,19,22,25,28,31,33-43,45,47-49,51,53-74,78H2,1-2H3,(H,81,82)/b8-6-,14-12-,17-15-,20-18-,23-21-,26-24-,29-27-,32-30-,46-44-,52-50-. The van der Waals surface area contributed by atoms with E-state index in [0.717, 1.165) is 103 Å². The Morgan fingerprint density at radius 2 is 0.632 bits per heavy atom. The van der Waals surface area contributed by atoms with Crippen molar-refractivity contribution >= 4 is 19.8 Å². The van der Waals surface area contributed by atoms with Gasteiger partial charge in [-0.25, -0.2) is 4.57 Å². The first-order valence-electron chi connectivity index (χ1n) is 36.0. The highest BCUT2D eigenvalue weighted by molar-refractivity contribution is 7.47. The van der Waals surface area contributed by atoms with Gasteiger partial charge in [-0.2, -0.15) is 0 Å². The molecule has 0 aromatic carbocycles. The average Bonchev–Trinajstić information content (AvgIpc) is 3.63. The van der Waals surface area contributed by atoms with Crippen LogP contribution in [-0.4, -0.2) is 49.3 Å². The van der Waals surface area contributed by atoms with Crippen LogP contribution in [-0.2, 0) is 32.7 Å². The van der Waals surface area contributed by atoms with Crippen molar-refractivity contribution < 1.29 is 37.6 Å². The number of carbonyl (C=O) groups is 2. The molecule has 0 aromatic rings. The van der Waals surface area contributed by atoms with Crippen molar-refractivity contribution in [3.8, 4) is 0 Å². The number of hydrogen-bond donors (Lipinski definition) is 2. The third kappa shape index (κ3) is 71.4. The monoisotopic (exact) mass is 1230 g/mol. The summed E-state index contributed by atoms with van der Waals surface area (Å²) in [5.74, 6) is -0.836. The number of rotatable bonds is 67. The number of carbonyl (C=O) groups excluding carboxylic acids is 2. The van der Waals surface area contributed by atoms with Crippen LogP contribution in [0.5, 0.6) is 0 Å². The van der Waals surface area contributed by atoms with E-state index in [1.165, 1.54) is 186 Å². The molecule has 2 atom stereocenters. The lowest BCUT2D eigenvalue weighted by Crippen LogP contribution is -2.29. The first-order chi connectivity index (χ1) is 42.8. The molecular weight excluding hydrogens is 1100 g/mol. The minimum absolute atomic E-state index is 0.0469. The zero-order valence-electron chi connectivity index (χ0n) is 56.2. The zero-order chi connectivity index (χ0) is 63.0. The molecule has 0 fully saturated rings. The second kappa shape index (κ2) is 71.5. The highest BCUT2D eigenvalue weighted by atomic mass is 31.2. The maximum absolute atomic E-state index is 12.8. The third-order valence-corrected chi connectivity index (χ3v) is 16.3.